The largest absolute Gasteiger partial charge is 0.206 e. The lowest BCUT2D eigenvalue weighted by atomic mass is 10.2. The Labute approximate surface area is 98.2 Å². The highest BCUT2D eigenvalue weighted by molar-refractivity contribution is 8.00. The van der Waals surface area contributed by atoms with Gasteiger partial charge in [-0.25, -0.2) is 4.39 Å². The van der Waals surface area contributed by atoms with Gasteiger partial charge >= 0.3 is 0 Å². The molecule has 0 aliphatic rings. The van der Waals surface area contributed by atoms with Crippen molar-refractivity contribution in [2.45, 2.75) is 23.5 Å². The molecule has 1 aromatic rings. The molecule has 0 N–H and O–H groups in total. The molecule has 0 spiro atoms. The van der Waals surface area contributed by atoms with E-state index in [1.807, 2.05) is 19.9 Å². The molecule has 0 aliphatic heterocycles. The molecule has 1 aromatic carbocycles. The average molecular weight is 244 g/mol. The van der Waals surface area contributed by atoms with Gasteiger partial charge in [-0.15, -0.1) is 23.4 Å². The Morgan fingerprint density at radius 2 is 2.20 bits per heavy atom. The molecule has 0 bridgehead atoms. The van der Waals surface area contributed by atoms with Gasteiger partial charge in [0.15, 0.2) is 0 Å². The van der Waals surface area contributed by atoms with E-state index in [1.54, 1.807) is 12.1 Å². The maximum Gasteiger partial charge on any atom is 0.142 e. The van der Waals surface area contributed by atoms with Crippen molar-refractivity contribution in [2.24, 2.45) is 0 Å². The zero-order valence-electron chi connectivity index (χ0n) is 8.55. The molecule has 0 aromatic heterocycles. The van der Waals surface area contributed by atoms with Crippen LogP contribution in [0.25, 0.3) is 0 Å². The van der Waals surface area contributed by atoms with Gasteiger partial charge in [0.05, 0.1) is 0 Å². The molecule has 1 nitrogen and oxygen atoms in total. The number of hydrogen-bond acceptors (Lipinski definition) is 2. The second kappa shape index (κ2) is 4.87. The lowest BCUT2D eigenvalue weighted by molar-refractivity contribution is 0.619. The van der Waals surface area contributed by atoms with E-state index in [1.165, 1.54) is 17.8 Å². The van der Waals surface area contributed by atoms with Crippen molar-refractivity contribution < 1.29 is 4.39 Å². The Bertz CT molecular complexity index is 398. The standard InChI is InChI=1S/C11H11ClFNS/c1-11(2,7-12)15-10-5-3-4-9(13)8(10)6-14/h3-5H,7H2,1-2H3. The van der Waals surface area contributed by atoms with Gasteiger partial charge in [0.2, 0.25) is 0 Å². The molecule has 0 fully saturated rings. The fraction of sp³-hybridized carbons (Fsp3) is 0.364. The monoisotopic (exact) mass is 243 g/mol. The zero-order valence-corrected chi connectivity index (χ0v) is 10.1. The first kappa shape index (κ1) is 12.4. The lowest BCUT2D eigenvalue weighted by Crippen LogP contribution is -2.16. The molecule has 0 saturated carbocycles. The Balaban J connectivity index is 3.06. The normalized spacial score (nSPS) is 11.1. The highest BCUT2D eigenvalue weighted by Crippen LogP contribution is 2.35. The van der Waals surface area contributed by atoms with Crippen LogP contribution < -0.4 is 0 Å². The van der Waals surface area contributed by atoms with Crippen molar-refractivity contribution in [1.82, 2.24) is 0 Å². The summed E-state index contributed by atoms with van der Waals surface area (Å²) in [6.45, 7) is 3.91. The van der Waals surface area contributed by atoms with Crippen molar-refractivity contribution in [3.8, 4) is 6.07 Å². The summed E-state index contributed by atoms with van der Waals surface area (Å²) in [5, 5.41) is 8.83. The molecule has 0 atom stereocenters. The van der Waals surface area contributed by atoms with Crippen molar-refractivity contribution >= 4 is 23.4 Å². The summed E-state index contributed by atoms with van der Waals surface area (Å²) in [4.78, 5) is 0.642. The number of nitrogens with zero attached hydrogens (tertiary/aromatic N) is 1. The fourth-order valence-electron chi connectivity index (χ4n) is 1.02. The van der Waals surface area contributed by atoms with Crippen LogP contribution in [-0.2, 0) is 0 Å². The summed E-state index contributed by atoms with van der Waals surface area (Å²) in [6, 6.07) is 6.50. The topological polar surface area (TPSA) is 23.8 Å². The smallest absolute Gasteiger partial charge is 0.142 e. The molecule has 0 amide bonds. The molecule has 0 unspecified atom stereocenters. The molecule has 80 valence electrons. The second-order valence-electron chi connectivity index (χ2n) is 3.72. The first-order valence-electron chi connectivity index (χ1n) is 4.44. The van der Waals surface area contributed by atoms with Crippen LogP contribution in [0.15, 0.2) is 23.1 Å². The number of rotatable bonds is 3. The minimum atomic E-state index is -0.479. The molecular weight excluding hydrogens is 233 g/mol. The highest BCUT2D eigenvalue weighted by atomic mass is 35.5. The Kier molecular flexibility index (Phi) is 4.01. The van der Waals surface area contributed by atoms with E-state index in [9.17, 15) is 4.39 Å². The van der Waals surface area contributed by atoms with Crippen molar-refractivity contribution in [1.29, 1.82) is 5.26 Å². The Hall–Kier alpha value is -0.720. The van der Waals surface area contributed by atoms with Crippen LogP contribution in [0.5, 0.6) is 0 Å². The van der Waals surface area contributed by atoms with Crippen molar-refractivity contribution in [2.75, 3.05) is 5.88 Å². The predicted molar refractivity (Wildman–Crippen MR) is 61.8 cm³/mol. The van der Waals surface area contributed by atoms with Crippen LogP contribution in [0.3, 0.4) is 0 Å². The third-order valence-corrected chi connectivity index (χ3v) is 3.88. The maximum absolute atomic E-state index is 13.3. The van der Waals surface area contributed by atoms with Crippen LogP contribution in [0.2, 0.25) is 0 Å². The predicted octanol–water partition coefficient (Wildman–Crippen LogP) is 3.81. The molecular formula is C11H11ClFNS. The Morgan fingerprint density at radius 1 is 1.53 bits per heavy atom. The zero-order chi connectivity index (χ0) is 11.5. The average Bonchev–Trinajstić information content (AvgIpc) is 2.18. The van der Waals surface area contributed by atoms with E-state index < -0.39 is 5.82 Å². The third kappa shape index (κ3) is 3.12. The SMILES string of the molecule is CC(C)(CCl)Sc1cccc(F)c1C#N. The first-order chi connectivity index (χ1) is 7.00. The molecule has 0 aliphatic carbocycles. The fourth-order valence-corrected chi connectivity index (χ4v) is 2.23. The summed E-state index contributed by atoms with van der Waals surface area (Å²) in [6.07, 6.45) is 0. The van der Waals surface area contributed by atoms with Crippen LogP contribution in [0.4, 0.5) is 4.39 Å². The van der Waals surface area contributed by atoms with Crippen molar-refractivity contribution in [3.05, 3.63) is 29.6 Å². The number of halogens is 2. The minimum absolute atomic E-state index is 0.0979. The number of hydrogen-bond donors (Lipinski definition) is 0. The molecule has 0 heterocycles. The summed E-state index contributed by atoms with van der Waals surface area (Å²) >= 11 is 7.20. The second-order valence-corrected chi connectivity index (χ2v) is 5.74. The summed E-state index contributed by atoms with van der Waals surface area (Å²) in [5.74, 6) is -0.0353. The summed E-state index contributed by atoms with van der Waals surface area (Å²) in [7, 11) is 0. The quantitative estimate of drug-likeness (QED) is 0.596. The lowest BCUT2D eigenvalue weighted by Gasteiger charge is -2.21. The van der Waals surface area contributed by atoms with Crippen LogP contribution in [-0.4, -0.2) is 10.6 Å². The van der Waals surface area contributed by atoms with E-state index in [2.05, 4.69) is 0 Å². The van der Waals surface area contributed by atoms with Crippen LogP contribution in [0.1, 0.15) is 19.4 Å². The van der Waals surface area contributed by atoms with Crippen LogP contribution in [0, 0.1) is 17.1 Å². The van der Waals surface area contributed by atoms with Gasteiger partial charge in [0.25, 0.3) is 0 Å². The number of alkyl halides is 1. The van der Waals surface area contributed by atoms with Gasteiger partial charge in [-0.05, 0) is 26.0 Å². The van der Waals surface area contributed by atoms with E-state index in [4.69, 9.17) is 16.9 Å². The van der Waals surface area contributed by atoms with E-state index in [0.29, 0.717) is 10.8 Å². The number of benzene rings is 1. The molecule has 4 heteroatoms. The summed E-state index contributed by atoms with van der Waals surface area (Å²) in [5.41, 5.74) is 0.0979. The minimum Gasteiger partial charge on any atom is -0.206 e. The van der Waals surface area contributed by atoms with E-state index in [-0.39, 0.29) is 10.3 Å². The van der Waals surface area contributed by atoms with Gasteiger partial charge in [-0.3, -0.25) is 0 Å². The molecule has 15 heavy (non-hydrogen) atoms. The highest BCUT2D eigenvalue weighted by Gasteiger charge is 2.20. The van der Waals surface area contributed by atoms with Gasteiger partial charge in [-0.2, -0.15) is 5.26 Å². The van der Waals surface area contributed by atoms with Gasteiger partial charge in [0.1, 0.15) is 17.4 Å². The van der Waals surface area contributed by atoms with E-state index in [0.717, 1.165) is 0 Å². The molecule has 0 saturated heterocycles. The number of thioether (sulfide) groups is 1. The molecule has 1 rings (SSSR count). The van der Waals surface area contributed by atoms with E-state index >= 15 is 0 Å². The number of nitriles is 1. The van der Waals surface area contributed by atoms with Gasteiger partial charge in [0, 0.05) is 15.5 Å². The van der Waals surface area contributed by atoms with Gasteiger partial charge in [-0.1, -0.05) is 6.07 Å². The molecule has 0 radical (unpaired) electrons. The van der Waals surface area contributed by atoms with Crippen molar-refractivity contribution in [3.63, 3.8) is 0 Å². The van der Waals surface area contributed by atoms with Gasteiger partial charge < -0.3 is 0 Å². The maximum atomic E-state index is 13.3. The first-order valence-corrected chi connectivity index (χ1v) is 5.79. The Morgan fingerprint density at radius 3 is 2.73 bits per heavy atom. The van der Waals surface area contributed by atoms with Crippen LogP contribution >= 0.6 is 23.4 Å². The summed E-state index contributed by atoms with van der Waals surface area (Å²) < 4.78 is 13.1. The third-order valence-electron chi connectivity index (χ3n) is 1.80.